The van der Waals surface area contributed by atoms with Crippen molar-refractivity contribution in [3.8, 4) is 0 Å². The standard InChI is InChI=1S/C14H14BrNOS/c1-16-12-4-2-3-10(5-12)14(8-17-9-14)13-6-11(15)7-18-13/h2-7,16H,8-9H2,1H3. The van der Waals surface area contributed by atoms with Gasteiger partial charge in [-0.05, 0) is 39.7 Å². The minimum absolute atomic E-state index is 0.0452. The van der Waals surface area contributed by atoms with Gasteiger partial charge in [-0.25, -0.2) is 0 Å². The van der Waals surface area contributed by atoms with E-state index in [1.807, 2.05) is 7.05 Å². The van der Waals surface area contributed by atoms with E-state index in [1.165, 1.54) is 10.4 Å². The average molecular weight is 324 g/mol. The molecule has 94 valence electrons. The van der Waals surface area contributed by atoms with Crippen molar-refractivity contribution in [2.45, 2.75) is 5.41 Å². The number of benzene rings is 1. The third-order valence-electron chi connectivity index (χ3n) is 3.44. The quantitative estimate of drug-likeness (QED) is 0.925. The fraction of sp³-hybridized carbons (Fsp3) is 0.286. The Morgan fingerprint density at radius 2 is 2.17 bits per heavy atom. The Bertz CT molecular complexity index is 562. The van der Waals surface area contributed by atoms with Crippen LogP contribution < -0.4 is 5.32 Å². The summed E-state index contributed by atoms with van der Waals surface area (Å²) in [6, 6.07) is 10.8. The summed E-state index contributed by atoms with van der Waals surface area (Å²) in [5.74, 6) is 0. The summed E-state index contributed by atoms with van der Waals surface area (Å²) in [6.45, 7) is 1.54. The predicted molar refractivity (Wildman–Crippen MR) is 79.6 cm³/mol. The Morgan fingerprint density at radius 1 is 1.33 bits per heavy atom. The van der Waals surface area contributed by atoms with Crippen LogP contribution in [0.3, 0.4) is 0 Å². The fourth-order valence-corrected chi connectivity index (χ4v) is 3.92. The minimum atomic E-state index is 0.0452. The predicted octanol–water partition coefficient (Wildman–Crippen LogP) is 3.87. The van der Waals surface area contributed by atoms with Gasteiger partial charge in [0.05, 0.1) is 18.6 Å². The summed E-state index contributed by atoms with van der Waals surface area (Å²) in [6.07, 6.45) is 0. The molecule has 1 fully saturated rings. The van der Waals surface area contributed by atoms with Crippen LogP contribution in [-0.2, 0) is 10.2 Å². The molecule has 1 aliphatic rings. The molecule has 3 rings (SSSR count). The zero-order chi connectivity index (χ0) is 12.6. The molecule has 1 aromatic carbocycles. The maximum Gasteiger partial charge on any atom is 0.0764 e. The number of hydrogen-bond donors (Lipinski definition) is 1. The Hall–Kier alpha value is -0.840. The highest BCUT2D eigenvalue weighted by atomic mass is 79.9. The van der Waals surface area contributed by atoms with Crippen LogP contribution in [-0.4, -0.2) is 20.3 Å². The smallest absolute Gasteiger partial charge is 0.0764 e. The number of anilines is 1. The summed E-state index contributed by atoms with van der Waals surface area (Å²) in [7, 11) is 1.95. The lowest BCUT2D eigenvalue weighted by atomic mass is 9.77. The van der Waals surface area contributed by atoms with Crippen molar-refractivity contribution in [2.24, 2.45) is 0 Å². The van der Waals surface area contributed by atoms with Crippen molar-refractivity contribution in [1.82, 2.24) is 0 Å². The maximum atomic E-state index is 5.50. The van der Waals surface area contributed by atoms with E-state index in [-0.39, 0.29) is 5.41 Å². The third kappa shape index (κ3) is 1.88. The van der Waals surface area contributed by atoms with E-state index in [1.54, 1.807) is 11.3 Å². The summed E-state index contributed by atoms with van der Waals surface area (Å²) in [5.41, 5.74) is 2.52. The van der Waals surface area contributed by atoms with Crippen molar-refractivity contribution in [2.75, 3.05) is 25.6 Å². The Balaban J connectivity index is 2.05. The summed E-state index contributed by atoms with van der Waals surface area (Å²) in [4.78, 5) is 1.37. The van der Waals surface area contributed by atoms with Crippen LogP contribution in [0.1, 0.15) is 10.4 Å². The molecule has 0 bridgehead atoms. The number of nitrogens with one attached hydrogen (secondary N) is 1. The van der Waals surface area contributed by atoms with Crippen LogP contribution in [0.15, 0.2) is 40.2 Å². The SMILES string of the molecule is CNc1cccc(C2(c3cc(Br)cs3)COC2)c1. The molecule has 0 unspecified atom stereocenters. The van der Waals surface area contributed by atoms with Gasteiger partial charge in [0.25, 0.3) is 0 Å². The van der Waals surface area contributed by atoms with Gasteiger partial charge >= 0.3 is 0 Å². The van der Waals surface area contributed by atoms with Gasteiger partial charge < -0.3 is 10.1 Å². The van der Waals surface area contributed by atoms with Gasteiger partial charge in [-0.3, -0.25) is 0 Å². The van der Waals surface area contributed by atoms with Crippen LogP contribution in [0.5, 0.6) is 0 Å². The fourth-order valence-electron chi connectivity index (χ4n) is 2.29. The molecule has 4 heteroatoms. The topological polar surface area (TPSA) is 21.3 Å². The average Bonchev–Trinajstić information content (AvgIpc) is 2.75. The van der Waals surface area contributed by atoms with Crippen molar-refractivity contribution >= 4 is 33.0 Å². The highest BCUT2D eigenvalue weighted by Crippen LogP contribution is 2.43. The van der Waals surface area contributed by atoms with E-state index in [0.29, 0.717) is 0 Å². The van der Waals surface area contributed by atoms with E-state index in [4.69, 9.17) is 4.74 Å². The lowest BCUT2D eigenvalue weighted by Crippen LogP contribution is -2.47. The Labute approximate surface area is 119 Å². The molecule has 0 spiro atoms. The van der Waals surface area contributed by atoms with Gasteiger partial charge in [0.2, 0.25) is 0 Å². The van der Waals surface area contributed by atoms with Gasteiger partial charge in [-0.2, -0.15) is 0 Å². The first-order valence-corrected chi connectivity index (χ1v) is 7.52. The van der Waals surface area contributed by atoms with E-state index < -0.39 is 0 Å². The van der Waals surface area contributed by atoms with Crippen molar-refractivity contribution in [3.05, 3.63) is 50.6 Å². The third-order valence-corrected chi connectivity index (χ3v) is 5.34. The van der Waals surface area contributed by atoms with Crippen molar-refractivity contribution in [1.29, 1.82) is 0 Å². The number of rotatable bonds is 3. The molecule has 0 atom stereocenters. The van der Waals surface area contributed by atoms with Crippen LogP contribution in [0.4, 0.5) is 5.69 Å². The largest absolute Gasteiger partial charge is 0.388 e. The van der Waals surface area contributed by atoms with E-state index >= 15 is 0 Å². The zero-order valence-corrected chi connectivity index (χ0v) is 12.5. The van der Waals surface area contributed by atoms with Crippen LogP contribution in [0, 0.1) is 0 Å². The van der Waals surface area contributed by atoms with Crippen LogP contribution in [0.25, 0.3) is 0 Å². The molecule has 1 aliphatic heterocycles. The van der Waals surface area contributed by atoms with E-state index in [0.717, 1.165) is 23.4 Å². The molecular weight excluding hydrogens is 310 g/mol. The molecule has 18 heavy (non-hydrogen) atoms. The zero-order valence-electron chi connectivity index (χ0n) is 10.1. The molecule has 2 nitrogen and oxygen atoms in total. The summed E-state index contributed by atoms with van der Waals surface area (Å²) >= 11 is 5.33. The lowest BCUT2D eigenvalue weighted by Gasteiger charge is -2.41. The van der Waals surface area contributed by atoms with Gasteiger partial charge in [-0.1, -0.05) is 12.1 Å². The summed E-state index contributed by atoms with van der Waals surface area (Å²) < 4.78 is 6.65. The maximum absolute atomic E-state index is 5.50. The number of hydrogen-bond acceptors (Lipinski definition) is 3. The molecule has 2 aromatic rings. The second kappa shape index (κ2) is 4.68. The molecule has 2 heterocycles. The van der Waals surface area contributed by atoms with Crippen LogP contribution in [0.2, 0.25) is 0 Å². The molecule has 0 amide bonds. The van der Waals surface area contributed by atoms with Gasteiger partial charge in [0, 0.05) is 27.5 Å². The minimum Gasteiger partial charge on any atom is -0.388 e. The summed E-state index contributed by atoms with van der Waals surface area (Å²) in [5, 5.41) is 5.33. The molecular formula is C14H14BrNOS. The van der Waals surface area contributed by atoms with Crippen molar-refractivity contribution < 1.29 is 4.74 Å². The first-order valence-electron chi connectivity index (χ1n) is 5.85. The number of ether oxygens (including phenoxy) is 1. The van der Waals surface area contributed by atoms with Gasteiger partial charge in [-0.15, -0.1) is 11.3 Å². The number of halogens is 1. The molecule has 0 radical (unpaired) electrons. The highest BCUT2D eigenvalue weighted by Gasteiger charge is 2.43. The second-order valence-corrected chi connectivity index (χ2v) is 6.36. The monoisotopic (exact) mass is 323 g/mol. The molecule has 1 saturated heterocycles. The molecule has 0 aliphatic carbocycles. The first kappa shape index (κ1) is 12.2. The van der Waals surface area contributed by atoms with Gasteiger partial charge in [0.1, 0.15) is 0 Å². The van der Waals surface area contributed by atoms with Crippen LogP contribution >= 0.6 is 27.3 Å². The Kier molecular flexibility index (Phi) is 3.18. The van der Waals surface area contributed by atoms with Gasteiger partial charge in [0.15, 0.2) is 0 Å². The molecule has 0 saturated carbocycles. The normalized spacial score (nSPS) is 17.2. The molecule has 1 aromatic heterocycles. The lowest BCUT2D eigenvalue weighted by molar-refractivity contribution is -0.0362. The molecule has 1 N–H and O–H groups in total. The van der Waals surface area contributed by atoms with E-state index in [9.17, 15) is 0 Å². The Morgan fingerprint density at radius 3 is 2.72 bits per heavy atom. The van der Waals surface area contributed by atoms with Crippen molar-refractivity contribution in [3.63, 3.8) is 0 Å². The second-order valence-electron chi connectivity index (χ2n) is 4.53. The number of thiophene rings is 1. The van der Waals surface area contributed by atoms with E-state index in [2.05, 4.69) is 57.0 Å². The highest BCUT2D eigenvalue weighted by molar-refractivity contribution is 9.10. The first-order chi connectivity index (χ1) is 8.74.